The number of aliphatic hydroxyl groups is 1. The molecule has 7 nitrogen and oxygen atoms in total. The molecule has 0 unspecified atom stereocenters. The number of hydrogen-bond acceptors (Lipinski definition) is 6. The highest BCUT2D eigenvalue weighted by atomic mass is 35.5. The van der Waals surface area contributed by atoms with Gasteiger partial charge in [0.1, 0.15) is 17.1 Å². The van der Waals surface area contributed by atoms with Crippen molar-refractivity contribution in [1.29, 1.82) is 0 Å². The molecule has 1 atom stereocenters. The number of carbonyl (C=O) groups excluding carboxylic acids is 1. The van der Waals surface area contributed by atoms with Crippen LogP contribution in [0.3, 0.4) is 0 Å². The average Bonchev–Trinajstić information content (AvgIpc) is 3.25. The van der Waals surface area contributed by atoms with Crippen molar-refractivity contribution in [3.05, 3.63) is 46.5 Å². The highest BCUT2D eigenvalue weighted by molar-refractivity contribution is 6.33. The number of aromatic nitrogens is 3. The predicted octanol–water partition coefficient (Wildman–Crippen LogP) is 4.57. The fraction of sp³-hybridized carbons (Fsp3) is 0.316. The van der Waals surface area contributed by atoms with E-state index in [0.29, 0.717) is 4.68 Å². The summed E-state index contributed by atoms with van der Waals surface area (Å²) in [5, 5.41) is 16.7. The second-order valence-electron chi connectivity index (χ2n) is 6.49. The van der Waals surface area contributed by atoms with Crippen molar-refractivity contribution in [3.63, 3.8) is 0 Å². The zero-order valence-electron chi connectivity index (χ0n) is 16.2. The van der Waals surface area contributed by atoms with E-state index in [1.54, 1.807) is 0 Å². The number of halogens is 5. The van der Waals surface area contributed by atoms with E-state index >= 15 is 0 Å². The van der Waals surface area contributed by atoms with Crippen LogP contribution < -0.4 is 0 Å². The largest absolute Gasteiger partial charge is 0.462 e. The molecule has 0 aliphatic heterocycles. The summed E-state index contributed by atoms with van der Waals surface area (Å²) in [6, 6.07) is 3.69. The Hall–Kier alpha value is -2.92. The first-order chi connectivity index (χ1) is 14.6. The molecule has 0 amide bonds. The van der Waals surface area contributed by atoms with E-state index in [2.05, 4.69) is 10.3 Å². The molecule has 0 radical (unpaired) electrons. The van der Waals surface area contributed by atoms with Crippen molar-refractivity contribution in [2.75, 3.05) is 6.61 Å². The van der Waals surface area contributed by atoms with Gasteiger partial charge in [0.25, 0.3) is 0 Å². The Kier molecular flexibility index (Phi) is 6.37. The first-order valence-corrected chi connectivity index (χ1v) is 9.36. The fourth-order valence-corrected chi connectivity index (χ4v) is 3.25. The van der Waals surface area contributed by atoms with Crippen LogP contribution in [0.25, 0.3) is 22.6 Å². The Morgan fingerprint density at radius 1 is 1.39 bits per heavy atom. The van der Waals surface area contributed by atoms with E-state index in [4.69, 9.17) is 20.9 Å². The maximum Gasteiger partial charge on any atom is 0.433 e. The lowest BCUT2D eigenvalue weighted by atomic mass is 10.0. The average molecular weight is 462 g/mol. The molecule has 0 saturated carbocycles. The molecule has 3 rings (SSSR count). The first-order valence-electron chi connectivity index (χ1n) is 8.98. The molecule has 0 fully saturated rings. The van der Waals surface area contributed by atoms with Crippen LogP contribution in [-0.2, 0) is 17.5 Å². The molecule has 166 valence electrons. The summed E-state index contributed by atoms with van der Waals surface area (Å²) in [4.78, 5) is 12.6. The van der Waals surface area contributed by atoms with Gasteiger partial charge in [-0.25, -0.2) is 9.18 Å². The van der Waals surface area contributed by atoms with Gasteiger partial charge in [-0.2, -0.15) is 18.3 Å². The molecule has 2 aromatic heterocycles. The molecular formula is C19H16ClF4N3O4. The maximum absolute atomic E-state index is 14.5. The summed E-state index contributed by atoms with van der Waals surface area (Å²) in [5.41, 5.74) is -3.17. The molecule has 0 aliphatic carbocycles. The highest BCUT2D eigenvalue weighted by Gasteiger charge is 2.42. The first kappa shape index (κ1) is 22.8. The van der Waals surface area contributed by atoms with Gasteiger partial charge in [-0.3, -0.25) is 4.68 Å². The third kappa shape index (κ3) is 4.42. The number of carbonyl (C=O) groups is 1. The quantitative estimate of drug-likeness (QED) is 0.427. The normalized spacial score (nSPS) is 12.8. The number of benzene rings is 1. The van der Waals surface area contributed by atoms with Gasteiger partial charge in [-0.05, 0) is 26.0 Å². The van der Waals surface area contributed by atoms with Crippen molar-refractivity contribution in [3.8, 4) is 22.6 Å². The molecule has 1 N–H and O–H groups in total. The monoisotopic (exact) mass is 461 g/mol. The van der Waals surface area contributed by atoms with Gasteiger partial charge in [0.05, 0.1) is 41.6 Å². The minimum atomic E-state index is -4.92. The summed E-state index contributed by atoms with van der Waals surface area (Å²) in [5.74, 6) is -2.56. The number of alkyl halides is 3. The lowest BCUT2D eigenvalue weighted by Crippen LogP contribution is -2.21. The molecule has 31 heavy (non-hydrogen) atoms. The highest BCUT2D eigenvalue weighted by Crippen LogP contribution is 2.42. The van der Waals surface area contributed by atoms with Crippen LogP contribution >= 0.6 is 11.6 Å². The third-order valence-corrected chi connectivity index (χ3v) is 4.48. The lowest BCUT2D eigenvalue weighted by Gasteiger charge is -2.13. The van der Waals surface area contributed by atoms with E-state index in [-0.39, 0.29) is 17.2 Å². The predicted molar refractivity (Wildman–Crippen MR) is 101 cm³/mol. The lowest BCUT2D eigenvalue weighted by molar-refractivity contribution is -0.144. The Morgan fingerprint density at radius 3 is 2.68 bits per heavy atom. The van der Waals surface area contributed by atoms with Crippen molar-refractivity contribution >= 4 is 17.6 Å². The number of ether oxygens (including phenoxy) is 1. The Balaban J connectivity index is 2.30. The number of nitrogens with zero attached hydrogens (tertiary/aromatic N) is 3. The summed E-state index contributed by atoms with van der Waals surface area (Å²) >= 11 is 6.04. The molecular weight excluding hydrogens is 446 g/mol. The Morgan fingerprint density at radius 2 is 2.10 bits per heavy atom. The second kappa shape index (κ2) is 8.67. The van der Waals surface area contributed by atoms with Crippen molar-refractivity contribution in [1.82, 2.24) is 14.9 Å². The van der Waals surface area contributed by atoms with E-state index in [9.17, 15) is 27.5 Å². The molecule has 2 heterocycles. The number of hydrogen-bond donors (Lipinski definition) is 1. The van der Waals surface area contributed by atoms with Crippen LogP contribution in [0.2, 0.25) is 5.02 Å². The minimum absolute atomic E-state index is 0.110. The van der Waals surface area contributed by atoms with Crippen molar-refractivity contribution in [2.24, 2.45) is 0 Å². The standard InChI is InChI=1S/C19H16ClF4N3O4/c1-3-30-18(29)14-15(13-11(20)5-4-6-12(13)21)26-31-16(14)10-7-25-27(8-9(2)28)17(10)19(22,23)24/h4-7,9,28H,3,8H2,1-2H3/t9-/m1/s1. The van der Waals surface area contributed by atoms with Crippen LogP contribution in [0.1, 0.15) is 29.9 Å². The molecule has 12 heteroatoms. The molecule has 0 aliphatic rings. The number of rotatable bonds is 6. The van der Waals surface area contributed by atoms with E-state index in [1.165, 1.54) is 26.0 Å². The zero-order valence-corrected chi connectivity index (χ0v) is 17.0. The molecule has 0 spiro atoms. The van der Waals surface area contributed by atoms with E-state index in [1.807, 2.05) is 0 Å². The van der Waals surface area contributed by atoms with Gasteiger partial charge in [-0.15, -0.1) is 0 Å². The van der Waals surface area contributed by atoms with Gasteiger partial charge >= 0.3 is 12.1 Å². The van der Waals surface area contributed by atoms with Gasteiger partial charge in [-0.1, -0.05) is 22.8 Å². The minimum Gasteiger partial charge on any atom is -0.462 e. The van der Waals surface area contributed by atoms with E-state index in [0.717, 1.165) is 12.3 Å². The van der Waals surface area contributed by atoms with Gasteiger partial charge in [0.2, 0.25) is 0 Å². The number of aliphatic hydroxyl groups excluding tert-OH is 1. The number of esters is 1. The molecule has 0 bridgehead atoms. The summed E-state index contributed by atoms with van der Waals surface area (Å²) < 4.78 is 66.4. The Labute approximate surface area is 178 Å². The third-order valence-electron chi connectivity index (χ3n) is 4.16. The molecule has 1 aromatic carbocycles. The van der Waals surface area contributed by atoms with Gasteiger partial charge < -0.3 is 14.4 Å². The summed E-state index contributed by atoms with van der Waals surface area (Å²) in [7, 11) is 0. The fourth-order valence-electron chi connectivity index (χ4n) is 3.00. The molecule has 3 aromatic rings. The van der Waals surface area contributed by atoms with Crippen LogP contribution in [0.15, 0.2) is 28.9 Å². The van der Waals surface area contributed by atoms with Crippen LogP contribution in [-0.4, -0.2) is 38.7 Å². The topological polar surface area (TPSA) is 90.4 Å². The van der Waals surface area contributed by atoms with Crippen LogP contribution in [0.5, 0.6) is 0 Å². The van der Waals surface area contributed by atoms with Crippen LogP contribution in [0, 0.1) is 5.82 Å². The summed E-state index contributed by atoms with van der Waals surface area (Å²) in [6.07, 6.45) is -5.24. The Bertz CT molecular complexity index is 1090. The maximum atomic E-state index is 14.5. The summed E-state index contributed by atoms with van der Waals surface area (Å²) in [6.45, 7) is 2.20. The van der Waals surface area contributed by atoms with Crippen molar-refractivity contribution in [2.45, 2.75) is 32.7 Å². The van der Waals surface area contributed by atoms with Crippen molar-refractivity contribution < 1.29 is 36.7 Å². The molecule has 0 saturated heterocycles. The SMILES string of the molecule is CCOC(=O)c1c(-c2c(F)cccc2Cl)noc1-c1cnn(C[C@@H](C)O)c1C(F)(F)F. The zero-order chi connectivity index (χ0) is 22.9. The van der Waals surface area contributed by atoms with Gasteiger partial charge in [0.15, 0.2) is 11.5 Å². The van der Waals surface area contributed by atoms with Gasteiger partial charge in [0, 0.05) is 0 Å². The second-order valence-corrected chi connectivity index (χ2v) is 6.90. The van der Waals surface area contributed by atoms with E-state index < -0.39 is 58.9 Å². The smallest absolute Gasteiger partial charge is 0.433 e. The van der Waals surface area contributed by atoms with Crippen LogP contribution in [0.4, 0.5) is 17.6 Å².